The van der Waals surface area contributed by atoms with Crippen molar-refractivity contribution in [2.75, 3.05) is 33.3 Å². The van der Waals surface area contributed by atoms with E-state index in [0.29, 0.717) is 5.41 Å². The van der Waals surface area contributed by atoms with Crippen LogP contribution in [0.4, 0.5) is 0 Å². The first-order valence-electron chi connectivity index (χ1n) is 9.67. The van der Waals surface area contributed by atoms with E-state index in [1.807, 2.05) is 19.1 Å². The first-order chi connectivity index (χ1) is 12.6. The molecule has 5 heteroatoms. The molecule has 27 heavy (non-hydrogen) atoms. The van der Waals surface area contributed by atoms with Gasteiger partial charge in [-0.05, 0) is 66.6 Å². The summed E-state index contributed by atoms with van der Waals surface area (Å²) in [6.45, 7) is 6.09. The molecule has 2 aromatic carbocycles. The van der Waals surface area contributed by atoms with Crippen LogP contribution in [0.15, 0.2) is 36.4 Å². The number of halogens is 1. The fourth-order valence-corrected chi connectivity index (χ4v) is 4.48. The molecule has 2 aliphatic rings. The lowest BCUT2D eigenvalue weighted by Crippen LogP contribution is -2.45. The normalized spacial score (nSPS) is 19.7. The third-order valence-corrected chi connectivity index (χ3v) is 6.41. The molecule has 1 unspecified atom stereocenters. The maximum Gasteiger partial charge on any atom is 0.229 e. The minimum absolute atomic E-state index is 0. The maximum absolute atomic E-state index is 13.0. The van der Waals surface area contributed by atoms with Gasteiger partial charge in [0.2, 0.25) is 5.91 Å². The molecular weight excluding hydrogens is 360 g/mol. The lowest BCUT2D eigenvalue weighted by Gasteiger charge is -2.39. The third-order valence-electron chi connectivity index (χ3n) is 6.41. The predicted molar refractivity (Wildman–Crippen MR) is 112 cm³/mol. The molecule has 0 aromatic heterocycles. The Balaban J connectivity index is 0.00000210. The van der Waals surface area contributed by atoms with E-state index in [2.05, 4.69) is 34.5 Å². The number of nitrogens with one attached hydrogen (secondary N) is 1. The zero-order valence-electron chi connectivity index (χ0n) is 16.2. The molecule has 1 spiro atoms. The van der Waals surface area contributed by atoms with Crippen LogP contribution in [-0.2, 0) is 4.79 Å². The van der Waals surface area contributed by atoms with Gasteiger partial charge in [-0.2, -0.15) is 0 Å². The first kappa shape index (κ1) is 20.0. The van der Waals surface area contributed by atoms with Gasteiger partial charge >= 0.3 is 0 Å². The fraction of sp³-hybridized carbons (Fsp3) is 0.500. The van der Waals surface area contributed by atoms with Gasteiger partial charge in [0, 0.05) is 19.6 Å². The summed E-state index contributed by atoms with van der Waals surface area (Å²) in [4.78, 5) is 15.1. The first-order valence-corrected chi connectivity index (χ1v) is 9.67. The number of methoxy groups -OCH3 is 1. The third kappa shape index (κ3) is 3.92. The van der Waals surface area contributed by atoms with Crippen molar-refractivity contribution in [2.45, 2.75) is 32.1 Å². The van der Waals surface area contributed by atoms with Gasteiger partial charge in [0.25, 0.3) is 0 Å². The standard InChI is InChI=1S/C22H28N2O2.ClH/c1-16(17-3-4-19-14-20(26-2)6-5-18(19)13-17)21(25)24-11-8-22(9-12-24)7-10-23-15-22;/h3-6,13-14,16,23H,7-12,15H2,1-2H3;1H. The summed E-state index contributed by atoms with van der Waals surface area (Å²) in [6, 6.07) is 12.4. The van der Waals surface area contributed by atoms with Gasteiger partial charge in [0.05, 0.1) is 13.0 Å². The Labute approximate surface area is 167 Å². The number of nitrogens with zero attached hydrogens (tertiary/aromatic N) is 1. The summed E-state index contributed by atoms with van der Waals surface area (Å²) >= 11 is 0. The number of ether oxygens (including phenoxy) is 1. The molecule has 2 heterocycles. The number of hydrogen-bond acceptors (Lipinski definition) is 3. The number of hydrogen-bond donors (Lipinski definition) is 1. The Morgan fingerprint density at radius 2 is 1.81 bits per heavy atom. The average molecular weight is 389 g/mol. The number of amides is 1. The van der Waals surface area contributed by atoms with Crippen molar-refractivity contribution < 1.29 is 9.53 Å². The van der Waals surface area contributed by atoms with Crippen LogP contribution in [0.1, 0.15) is 37.7 Å². The van der Waals surface area contributed by atoms with Crippen molar-refractivity contribution in [1.29, 1.82) is 0 Å². The number of fused-ring (bicyclic) bond motifs is 1. The highest BCUT2D eigenvalue weighted by molar-refractivity contribution is 5.88. The zero-order chi connectivity index (χ0) is 18.1. The highest BCUT2D eigenvalue weighted by atomic mass is 35.5. The van der Waals surface area contributed by atoms with Crippen molar-refractivity contribution >= 4 is 29.1 Å². The number of likely N-dealkylation sites (tertiary alicyclic amines) is 1. The molecule has 0 bridgehead atoms. The van der Waals surface area contributed by atoms with E-state index < -0.39 is 0 Å². The minimum Gasteiger partial charge on any atom is -0.497 e. The summed E-state index contributed by atoms with van der Waals surface area (Å²) in [5, 5.41) is 5.78. The van der Waals surface area contributed by atoms with E-state index in [1.54, 1.807) is 7.11 Å². The Kier molecular flexibility index (Phi) is 5.97. The lowest BCUT2D eigenvalue weighted by atomic mass is 9.77. The van der Waals surface area contributed by atoms with E-state index in [0.717, 1.165) is 61.1 Å². The molecule has 4 nitrogen and oxygen atoms in total. The number of benzene rings is 2. The highest BCUT2D eigenvalue weighted by Crippen LogP contribution is 2.37. The topological polar surface area (TPSA) is 41.6 Å². The summed E-state index contributed by atoms with van der Waals surface area (Å²) < 4.78 is 5.29. The molecule has 1 N–H and O–H groups in total. The van der Waals surface area contributed by atoms with E-state index in [4.69, 9.17) is 4.74 Å². The Bertz CT molecular complexity index is 807. The Morgan fingerprint density at radius 1 is 1.11 bits per heavy atom. The lowest BCUT2D eigenvalue weighted by molar-refractivity contribution is -0.134. The quantitative estimate of drug-likeness (QED) is 0.864. The number of rotatable bonds is 3. The predicted octanol–water partition coefficient (Wildman–Crippen LogP) is 3.98. The van der Waals surface area contributed by atoms with Crippen molar-refractivity contribution in [2.24, 2.45) is 5.41 Å². The number of carbonyl (C=O) groups is 1. The molecule has 1 atom stereocenters. The summed E-state index contributed by atoms with van der Waals surface area (Å²) in [5.41, 5.74) is 1.54. The maximum atomic E-state index is 13.0. The Hall–Kier alpha value is -1.78. The molecule has 4 rings (SSSR count). The summed E-state index contributed by atoms with van der Waals surface area (Å²) in [7, 11) is 1.68. The average Bonchev–Trinajstić information content (AvgIpc) is 3.14. The van der Waals surface area contributed by atoms with Crippen LogP contribution in [-0.4, -0.2) is 44.1 Å². The van der Waals surface area contributed by atoms with Gasteiger partial charge in [0.1, 0.15) is 5.75 Å². The van der Waals surface area contributed by atoms with Gasteiger partial charge in [-0.15, -0.1) is 12.4 Å². The molecule has 2 aromatic rings. The van der Waals surface area contributed by atoms with Crippen molar-refractivity contribution in [1.82, 2.24) is 10.2 Å². The molecule has 0 radical (unpaired) electrons. The number of carbonyl (C=O) groups excluding carboxylic acids is 1. The second-order valence-corrected chi connectivity index (χ2v) is 7.95. The van der Waals surface area contributed by atoms with Gasteiger partial charge in [-0.25, -0.2) is 0 Å². The van der Waals surface area contributed by atoms with E-state index in [1.165, 1.54) is 6.42 Å². The van der Waals surface area contributed by atoms with Gasteiger partial charge < -0.3 is 15.0 Å². The molecule has 0 aliphatic carbocycles. The summed E-state index contributed by atoms with van der Waals surface area (Å²) in [5.74, 6) is 1.02. The van der Waals surface area contributed by atoms with E-state index >= 15 is 0 Å². The Morgan fingerprint density at radius 3 is 2.48 bits per heavy atom. The van der Waals surface area contributed by atoms with E-state index in [9.17, 15) is 4.79 Å². The van der Waals surface area contributed by atoms with Crippen molar-refractivity contribution in [3.63, 3.8) is 0 Å². The van der Waals surface area contributed by atoms with Crippen LogP contribution in [0.2, 0.25) is 0 Å². The van der Waals surface area contributed by atoms with Crippen LogP contribution in [0, 0.1) is 5.41 Å². The molecule has 2 saturated heterocycles. The van der Waals surface area contributed by atoms with Crippen LogP contribution < -0.4 is 10.1 Å². The molecule has 2 fully saturated rings. The van der Waals surface area contributed by atoms with Crippen molar-refractivity contribution in [3.05, 3.63) is 42.0 Å². The smallest absolute Gasteiger partial charge is 0.229 e. The number of piperidine rings is 1. The molecule has 1 amide bonds. The van der Waals surface area contributed by atoms with Crippen molar-refractivity contribution in [3.8, 4) is 5.75 Å². The van der Waals surface area contributed by atoms with Gasteiger partial charge in [-0.1, -0.05) is 24.3 Å². The second-order valence-electron chi connectivity index (χ2n) is 7.95. The van der Waals surface area contributed by atoms with Crippen LogP contribution in [0.25, 0.3) is 10.8 Å². The van der Waals surface area contributed by atoms with Gasteiger partial charge in [0.15, 0.2) is 0 Å². The monoisotopic (exact) mass is 388 g/mol. The molecule has 146 valence electrons. The second kappa shape index (κ2) is 8.07. The summed E-state index contributed by atoms with van der Waals surface area (Å²) in [6.07, 6.45) is 3.53. The van der Waals surface area contributed by atoms with Crippen LogP contribution in [0.3, 0.4) is 0 Å². The minimum atomic E-state index is -0.0998. The highest BCUT2D eigenvalue weighted by Gasteiger charge is 2.38. The largest absolute Gasteiger partial charge is 0.497 e. The molecule has 2 aliphatic heterocycles. The zero-order valence-corrected chi connectivity index (χ0v) is 17.0. The van der Waals surface area contributed by atoms with E-state index in [-0.39, 0.29) is 24.2 Å². The molecular formula is C22H29ClN2O2. The SMILES string of the molecule is COc1ccc2cc(C(C)C(=O)N3CCC4(CCNC4)CC3)ccc2c1.Cl. The van der Waals surface area contributed by atoms with Crippen LogP contribution in [0.5, 0.6) is 5.75 Å². The van der Waals surface area contributed by atoms with Gasteiger partial charge in [-0.3, -0.25) is 4.79 Å². The fourth-order valence-electron chi connectivity index (χ4n) is 4.48. The molecule has 0 saturated carbocycles. The van der Waals surface area contributed by atoms with Crippen LogP contribution >= 0.6 is 12.4 Å².